The van der Waals surface area contributed by atoms with E-state index in [1.165, 1.54) is 218 Å². The minimum atomic E-state index is -0.784. The molecule has 0 aliphatic heterocycles. The Hall–Kier alpha value is -1.40. The summed E-state index contributed by atoms with van der Waals surface area (Å²) >= 11 is 0. The van der Waals surface area contributed by atoms with Crippen molar-refractivity contribution in [1.82, 2.24) is 5.32 Å². The fourth-order valence-electron chi connectivity index (χ4n) is 9.02. The lowest BCUT2D eigenvalue weighted by Crippen LogP contribution is -2.46. The zero-order chi connectivity index (χ0) is 45.9. The molecule has 0 aliphatic carbocycles. The summed E-state index contributed by atoms with van der Waals surface area (Å²) in [5.41, 5.74) is 0. The van der Waals surface area contributed by atoms with Crippen LogP contribution in [-0.4, -0.2) is 46.9 Å². The summed E-state index contributed by atoms with van der Waals surface area (Å²) in [7, 11) is 0. The van der Waals surface area contributed by atoms with Crippen LogP contribution in [-0.2, 0) is 14.3 Å². The Morgan fingerprint density at radius 2 is 0.762 bits per heavy atom. The Morgan fingerprint density at radius 1 is 0.444 bits per heavy atom. The molecule has 0 saturated carbocycles. The van der Waals surface area contributed by atoms with Crippen LogP contribution in [0.2, 0.25) is 0 Å². The van der Waals surface area contributed by atoms with Crippen LogP contribution in [0, 0.1) is 0 Å². The maximum Gasteiger partial charge on any atom is 0.306 e. The van der Waals surface area contributed by atoms with E-state index in [0.717, 1.165) is 51.4 Å². The van der Waals surface area contributed by atoms with E-state index in [9.17, 15) is 19.8 Å². The van der Waals surface area contributed by atoms with Gasteiger partial charge in [-0.3, -0.25) is 9.59 Å². The number of ether oxygens (including phenoxy) is 1. The Balaban J connectivity index is 4.53. The summed E-state index contributed by atoms with van der Waals surface area (Å²) in [5.74, 6) is -0.471. The largest absolute Gasteiger partial charge is 0.462 e. The number of aliphatic hydroxyl groups excluding tert-OH is 2. The van der Waals surface area contributed by atoms with Crippen molar-refractivity contribution >= 4 is 11.9 Å². The number of unbranched alkanes of at least 4 members (excludes halogenated alkanes) is 38. The number of allylic oxidation sites excluding steroid dienone is 2. The van der Waals surface area contributed by atoms with E-state index >= 15 is 0 Å². The van der Waals surface area contributed by atoms with Crippen molar-refractivity contribution in [1.29, 1.82) is 0 Å². The van der Waals surface area contributed by atoms with E-state index in [1.807, 2.05) is 0 Å². The van der Waals surface area contributed by atoms with Crippen LogP contribution in [0.3, 0.4) is 0 Å². The topological polar surface area (TPSA) is 95.9 Å². The average Bonchev–Trinajstić information content (AvgIpc) is 3.28. The molecule has 374 valence electrons. The van der Waals surface area contributed by atoms with Crippen molar-refractivity contribution in [2.24, 2.45) is 0 Å². The number of nitrogens with one attached hydrogen (secondary N) is 1. The summed E-state index contributed by atoms with van der Waals surface area (Å²) in [6.45, 7) is 6.51. The molecule has 1 amide bonds. The number of carbonyl (C=O) groups excluding carboxylic acids is 2. The summed E-state index contributed by atoms with van der Waals surface area (Å²) < 4.78 is 5.95. The molecule has 0 heterocycles. The van der Waals surface area contributed by atoms with Crippen LogP contribution in [0.15, 0.2) is 12.2 Å². The second-order valence-electron chi connectivity index (χ2n) is 19.7. The Bertz CT molecular complexity index is 955. The number of hydrogen-bond donors (Lipinski definition) is 3. The zero-order valence-corrected chi connectivity index (χ0v) is 42.7. The second kappa shape index (κ2) is 51.6. The number of aliphatic hydroxyl groups is 2. The third kappa shape index (κ3) is 46.9. The molecule has 3 unspecified atom stereocenters. The molecule has 6 nitrogen and oxygen atoms in total. The first-order valence-corrected chi connectivity index (χ1v) is 28.4. The van der Waals surface area contributed by atoms with Gasteiger partial charge < -0.3 is 20.3 Å². The molecule has 0 aromatic rings. The quantitative estimate of drug-likeness (QED) is 0.0321. The summed E-state index contributed by atoms with van der Waals surface area (Å²) in [6, 6.07) is -0.698. The highest BCUT2D eigenvalue weighted by Crippen LogP contribution is 2.19. The van der Waals surface area contributed by atoms with E-state index in [1.54, 1.807) is 0 Å². The van der Waals surface area contributed by atoms with Crippen LogP contribution in [0.25, 0.3) is 0 Å². The van der Waals surface area contributed by atoms with Gasteiger partial charge in [-0.15, -0.1) is 0 Å². The second-order valence-corrected chi connectivity index (χ2v) is 19.7. The average molecular weight is 891 g/mol. The number of carbonyl (C=O) groups is 2. The van der Waals surface area contributed by atoms with Crippen molar-refractivity contribution in [3.8, 4) is 0 Å². The zero-order valence-electron chi connectivity index (χ0n) is 42.7. The molecule has 0 fully saturated rings. The van der Waals surface area contributed by atoms with Gasteiger partial charge in [-0.2, -0.15) is 0 Å². The standard InChI is InChI=1S/C57H111NO5/c1-4-7-10-13-16-19-22-25-27-28-29-31-33-36-39-42-45-48-53(63-57(62)50-47-44-41-38-35-30-24-21-18-15-12-9-6-3)51-56(61)58-54(52-59)55(60)49-46-43-40-37-34-32-26-23-20-17-14-11-8-5-2/h30,35,53-55,59-60H,4-29,31-34,36-52H2,1-3H3,(H,58,61)/b35-30-. The highest BCUT2D eigenvalue weighted by atomic mass is 16.5. The minimum Gasteiger partial charge on any atom is -0.462 e. The van der Waals surface area contributed by atoms with Crippen LogP contribution in [0.4, 0.5) is 0 Å². The fourth-order valence-corrected chi connectivity index (χ4v) is 9.02. The SMILES string of the molecule is CCCCCCCC/C=C\CCCCCC(=O)OC(CCCCCCCCCCCCCCCCCCC)CC(=O)NC(CO)C(O)CCCCCCCCCCCCCCCC. The number of rotatable bonds is 52. The van der Waals surface area contributed by atoms with E-state index < -0.39 is 18.2 Å². The van der Waals surface area contributed by atoms with Crippen molar-refractivity contribution < 1.29 is 24.5 Å². The van der Waals surface area contributed by atoms with Crippen LogP contribution in [0.5, 0.6) is 0 Å². The molecule has 0 bridgehead atoms. The lowest BCUT2D eigenvalue weighted by molar-refractivity contribution is -0.151. The monoisotopic (exact) mass is 890 g/mol. The van der Waals surface area contributed by atoms with Crippen molar-refractivity contribution in [2.45, 2.75) is 334 Å². The molecule has 0 radical (unpaired) electrons. The summed E-state index contributed by atoms with van der Waals surface area (Å²) in [6.07, 6.45) is 58.5. The fraction of sp³-hybridized carbons (Fsp3) is 0.930. The lowest BCUT2D eigenvalue weighted by Gasteiger charge is -2.24. The smallest absolute Gasteiger partial charge is 0.306 e. The first-order chi connectivity index (χ1) is 31.0. The molecule has 3 atom stereocenters. The van der Waals surface area contributed by atoms with Gasteiger partial charge in [0.2, 0.25) is 5.91 Å². The third-order valence-corrected chi connectivity index (χ3v) is 13.3. The highest BCUT2D eigenvalue weighted by Gasteiger charge is 2.24. The highest BCUT2D eigenvalue weighted by molar-refractivity contribution is 5.77. The molecule has 0 rings (SSSR count). The first kappa shape index (κ1) is 61.6. The van der Waals surface area contributed by atoms with Gasteiger partial charge in [-0.1, -0.05) is 264 Å². The molecule has 0 aliphatic rings. The van der Waals surface area contributed by atoms with Crippen LogP contribution in [0.1, 0.15) is 316 Å². The molecule has 0 saturated heterocycles. The van der Waals surface area contributed by atoms with E-state index in [0.29, 0.717) is 19.3 Å². The molecule has 63 heavy (non-hydrogen) atoms. The van der Waals surface area contributed by atoms with E-state index in [-0.39, 0.29) is 24.9 Å². The Morgan fingerprint density at radius 3 is 1.13 bits per heavy atom. The minimum absolute atomic E-state index is 0.0794. The molecular weight excluding hydrogens is 779 g/mol. The van der Waals surface area contributed by atoms with Crippen LogP contribution < -0.4 is 5.32 Å². The summed E-state index contributed by atoms with van der Waals surface area (Å²) in [4.78, 5) is 26.2. The molecule has 0 spiro atoms. The first-order valence-electron chi connectivity index (χ1n) is 28.4. The number of hydrogen-bond acceptors (Lipinski definition) is 5. The summed E-state index contributed by atoms with van der Waals surface area (Å²) in [5, 5.41) is 23.9. The van der Waals surface area contributed by atoms with E-state index in [2.05, 4.69) is 38.2 Å². The van der Waals surface area contributed by atoms with Gasteiger partial charge in [0.1, 0.15) is 6.10 Å². The molecule has 3 N–H and O–H groups in total. The normalized spacial score (nSPS) is 13.2. The predicted molar refractivity (Wildman–Crippen MR) is 273 cm³/mol. The van der Waals surface area contributed by atoms with Gasteiger partial charge in [0.25, 0.3) is 0 Å². The van der Waals surface area contributed by atoms with Gasteiger partial charge in [-0.25, -0.2) is 0 Å². The van der Waals surface area contributed by atoms with Gasteiger partial charge in [0.15, 0.2) is 0 Å². The van der Waals surface area contributed by atoms with Gasteiger partial charge in [-0.05, 0) is 51.4 Å². The Labute approximate surface area is 393 Å². The third-order valence-electron chi connectivity index (χ3n) is 13.3. The van der Waals surface area contributed by atoms with E-state index in [4.69, 9.17) is 4.74 Å². The lowest BCUT2D eigenvalue weighted by atomic mass is 10.0. The molecule has 0 aromatic heterocycles. The van der Waals surface area contributed by atoms with Gasteiger partial charge in [0.05, 0.1) is 25.2 Å². The molecular formula is C57H111NO5. The predicted octanol–water partition coefficient (Wildman–Crippen LogP) is 17.3. The van der Waals surface area contributed by atoms with Gasteiger partial charge in [0, 0.05) is 6.42 Å². The van der Waals surface area contributed by atoms with Crippen molar-refractivity contribution in [2.75, 3.05) is 6.61 Å². The number of esters is 1. The molecule has 6 heteroatoms. The number of amides is 1. The van der Waals surface area contributed by atoms with Gasteiger partial charge >= 0.3 is 5.97 Å². The van der Waals surface area contributed by atoms with Crippen molar-refractivity contribution in [3.05, 3.63) is 12.2 Å². The maximum atomic E-state index is 13.2. The van der Waals surface area contributed by atoms with Crippen molar-refractivity contribution in [3.63, 3.8) is 0 Å². The van der Waals surface area contributed by atoms with Crippen LogP contribution >= 0.6 is 0 Å². The molecule has 0 aromatic carbocycles. The Kier molecular flexibility index (Phi) is 50.4. The maximum absolute atomic E-state index is 13.2.